The number of aliphatic carboxylic acids is 2. The fourth-order valence-electron chi connectivity index (χ4n) is 4.49. The SMILES string of the molecule is Cc1ccc(C)c(SCC(=O)N[C@@H]2C(=O)N3C(C(=O)O)=C(CSc4cc[n+](CCC[C@H](N)C(=O)O)cc4)CS[C@H]23)c1. The summed E-state index contributed by atoms with van der Waals surface area (Å²) in [6, 6.07) is 8.27. The number of pyridine rings is 1. The molecule has 0 unspecified atom stereocenters. The number of thioether (sulfide) groups is 3. The van der Waals surface area contributed by atoms with E-state index < -0.39 is 35.3 Å². The molecule has 2 aromatic rings. The van der Waals surface area contributed by atoms with Crippen molar-refractivity contribution in [1.82, 2.24) is 10.2 Å². The van der Waals surface area contributed by atoms with Crippen molar-refractivity contribution in [2.45, 2.75) is 60.5 Å². The highest BCUT2D eigenvalue weighted by molar-refractivity contribution is 8.01. The van der Waals surface area contributed by atoms with E-state index in [0.717, 1.165) is 20.9 Å². The number of nitrogens with zero attached hydrogens (tertiary/aromatic N) is 2. The molecule has 1 aromatic heterocycles. The fraction of sp³-hybridized carbons (Fsp3) is 0.393. The van der Waals surface area contributed by atoms with Crippen LogP contribution in [0.1, 0.15) is 24.0 Å². The van der Waals surface area contributed by atoms with E-state index >= 15 is 0 Å². The zero-order valence-electron chi connectivity index (χ0n) is 22.7. The molecule has 0 radical (unpaired) electrons. The Morgan fingerprint density at radius 1 is 1.17 bits per heavy atom. The maximum Gasteiger partial charge on any atom is 0.352 e. The van der Waals surface area contributed by atoms with Crippen LogP contribution in [0.3, 0.4) is 0 Å². The summed E-state index contributed by atoms with van der Waals surface area (Å²) in [6.45, 7) is 4.61. The van der Waals surface area contributed by atoms with Crippen molar-refractivity contribution in [1.29, 1.82) is 0 Å². The van der Waals surface area contributed by atoms with Crippen LogP contribution < -0.4 is 15.6 Å². The number of benzene rings is 1. The van der Waals surface area contributed by atoms with Crippen molar-refractivity contribution in [3.8, 4) is 0 Å². The molecule has 10 nitrogen and oxygen atoms in total. The van der Waals surface area contributed by atoms with Gasteiger partial charge in [0.1, 0.15) is 29.7 Å². The molecule has 41 heavy (non-hydrogen) atoms. The molecule has 0 aliphatic carbocycles. The maximum absolute atomic E-state index is 13.0. The molecular formula is C28H33N4O6S3+. The number of nitrogens with two attached hydrogens (primary N) is 1. The minimum atomic E-state index is -1.15. The number of carboxylic acid groups (broad SMARTS) is 2. The van der Waals surface area contributed by atoms with Gasteiger partial charge in [0.2, 0.25) is 5.91 Å². The van der Waals surface area contributed by atoms with Crippen LogP contribution in [-0.4, -0.2) is 73.6 Å². The number of carbonyl (C=O) groups is 4. The maximum atomic E-state index is 13.0. The number of carboxylic acids is 2. The average Bonchev–Trinajstić information content (AvgIpc) is 2.95. The number of aryl methyl sites for hydroxylation is 3. The van der Waals surface area contributed by atoms with E-state index in [4.69, 9.17) is 10.8 Å². The second-order valence-electron chi connectivity index (χ2n) is 9.92. The smallest absolute Gasteiger partial charge is 0.352 e. The zero-order chi connectivity index (χ0) is 29.7. The molecule has 1 aromatic carbocycles. The Hall–Kier alpha value is -3.00. The quantitative estimate of drug-likeness (QED) is 0.150. The summed E-state index contributed by atoms with van der Waals surface area (Å²) in [7, 11) is 0. The van der Waals surface area contributed by atoms with Gasteiger partial charge >= 0.3 is 11.9 Å². The molecule has 4 rings (SSSR count). The summed E-state index contributed by atoms with van der Waals surface area (Å²) in [6.07, 6.45) is 4.79. The van der Waals surface area contributed by atoms with Gasteiger partial charge in [-0.25, -0.2) is 9.36 Å². The van der Waals surface area contributed by atoms with E-state index in [1.54, 1.807) is 0 Å². The minimum absolute atomic E-state index is 0.00211. The largest absolute Gasteiger partial charge is 0.480 e. The van der Waals surface area contributed by atoms with Crippen LogP contribution in [0.2, 0.25) is 0 Å². The molecule has 2 amide bonds. The van der Waals surface area contributed by atoms with Crippen LogP contribution in [0.15, 0.2) is 63.8 Å². The average molecular weight is 618 g/mol. The fourth-order valence-corrected chi connectivity index (χ4v) is 7.80. The third-order valence-electron chi connectivity index (χ3n) is 6.79. The molecule has 0 spiro atoms. The van der Waals surface area contributed by atoms with Crippen LogP contribution in [0.5, 0.6) is 0 Å². The number of nitrogens with one attached hydrogen (secondary N) is 1. The Bertz CT molecular complexity index is 1370. The minimum Gasteiger partial charge on any atom is -0.480 e. The van der Waals surface area contributed by atoms with E-state index in [-0.39, 0.29) is 17.4 Å². The van der Waals surface area contributed by atoms with Gasteiger partial charge in [-0.3, -0.25) is 19.3 Å². The third-order valence-corrected chi connectivity index (χ3v) is 10.4. The van der Waals surface area contributed by atoms with Gasteiger partial charge in [0.05, 0.1) is 5.75 Å². The lowest BCUT2D eigenvalue weighted by atomic mass is 10.0. The van der Waals surface area contributed by atoms with E-state index in [1.807, 2.05) is 61.1 Å². The van der Waals surface area contributed by atoms with Gasteiger partial charge in [0.25, 0.3) is 5.91 Å². The first-order valence-electron chi connectivity index (χ1n) is 13.0. The molecule has 2 aliphatic rings. The molecule has 5 N–H and O–H groups in total. The highest BCUT2D eigenvalue weighted by Crippen LogP contribution is 2.41. The molecule has 3 atom stereocenters. The standard InChI is InChI=1S/C28H32N4O6S3/c1-16-5-6-17(2)21(12-16)40-15-22(33)30-23-25(34)32-24(28(37)38)18(14-41-26(23)32)13-39-19-7-10-31(11-8-19)9-3-4-20(29)27(35)36/h5-8,10-12,20,23,26H,3-4,9,13-15,29H2,1-2H3,(H2-,30,33,35,36,37,38)/p+1/t20-,23+,26+/m0/s1. The lowest BCUT2D eigenvalue weighted by molar-refractivity contribution is -0.697. The monoisotopic (exact) mass is 617 g/mol. The number of hydrogen-bond donors (Lipinski definition) is 4. The van der Waals surface area contributed by atoms with E-state index in [9.17, 15) is 24.3 Å². The lowest BCUT2D eigenvalue weighted by Gasteiger charge is -2.49. The summed E-state index contributed by atoms with van der Waals surface area (Å²) in [5.41, 5.74) is 8.39. The first-order chi connectivity index (χ1) is 19.5. The molecule has 13 heteroatoms. The van der Waals surface area contributed by atoms with Crippen LogP contribution in [0, 0.1) is 13.8 Å². The summed E-state index contributed by atoms with van der Waals surface area (Å²) in [5, 5.41) is 21.2. The van der Waals surface area contributed by atoms with Crippen LogP contribution in [0.4, 0.5) is 0 Å². The number of rotatable bonds is 13. The molecule has 2 aliphatic heterocycles. The molecular weight excluding hydrogens is 585 g/mol. The van der Waals surface area contributed by atoms with Crippen molar-refractivity contribution >= 4 is 59.0 Å². The molecule has 218 valence electrons. The number of fused-ring (bicyclic) bond motifs is 1. The summed E-state index contributed by atoms with van der Waals surface area (Å²) in [4.78, 5) is 51.9. The number of β-lactam (4-membered cyclic amide) rings is 1. The number of carbonyl (C=O) groups excluding carboxylic acids is 2. The third kappa shape index (κ3) is 7.64. The predicted molar refractivity (Wildman–Crippen MR) is 159 cm³/mol. The second-order valence-corrected chi connectivity index (χ2v) is 13.1. The molecule has 1 saturated heterocycles. The number of aromatic nitrogens is 1. The summed E-state index contributed by atoms with van der Waals surface area (Å²) in [5.74, 6) is -1.80. The van der Waals surface area contributed by atoms with Crippen molar-refractivity contribution < 1.29 is 34.0 Å². The van der Waals surface area contributed by atoms with E-state index in [1.165, 1.54) is 40.2 Å². The highest BCUT2D eigenvalue weighted by Gasteiger charge is 2.54. The summed E-state index contributed by atoms with van der Waals surface area (Å²) >= 11 is 4.35. The van der Waals surface area contributed by atoms with Crippen LogP contribution in [0.25, 0.3) is 0 Å². The zero-order valence-corrected chi connectivity index (χ0v) is 25.2. The second kappa shape index (κ2) is 13.8. The van der Waals surface area contributed by atoms with Crippen molar-refractivity contribution in [3.05, 3.63) is 65.1 Å². The topological polar surface area (TPSA) is 154 Å². The first-order valence-corrected chi connectivity index (χ1v) is 16.1. The Kier molecular flexibility index (Phi) is 10.4. The number of hydrogen-bond acceptors (Lipinski definition) is 8. The Morgan fingerprint density at radius 3 is 2.59 bits per heavy atom. The number of amides is 2. The van der Waals surface area contributed by atoms with Gasteiger partial charge in [0.15, 0.2) is 12.4 Å². The molecule has 0 bridgehead atoms. The van der Waals surface area contributed by atoms with E-state index in [0.29, 0.717) is 36.5 Å². The van der Waals surface area contributed by atoms with E-state index in [2.05, 4.69) is 5.32 Å². The van der Waals surface area contributed by atoms with Gasteiger partial charge in [0, 0.05) is 39.9 Å². The van der Waals surface area contributed by atoms with Crippen molar-refractivity contribution in [3.63, 3.8) is 0 Å². The molecule has 0 saturated carbocycles. The van der Waals surface area contributed by atoms with Crippen molar-refractivity contribution in [2.24, 2.45) is 5.73 Å². The highest BCUT2D eigenvalue weighted by atomic mass is 32.2. The Labute approximate surface area is 251 Å². The predicted octanol–water partition coefficient (Wildman–Crippen LogP) is 2.41. The molecule has 3 heterocycles. The van der Waals surface area contributed by atoms with Gasteiger partial charge in [-0.05, 0) is 37.5 Å². The van der Waals surface area contributed by atoms with Gasteiger partial charge in [-0.2, -0.15) is 0 Å². The Morgan fingerprint density at radius 2 is 1.90 bits per heavy atom. The van der Waals surface area contributed by atoms with Gasteiger partial charge in [-0.15, -0.1) is 35.3 Å². The first kappa shape index (κ1) is 30.9. The van der Waals surface area contributed by atoms with Gasteiger partial charge in [-0.1, -0.05) is 17.7 Å². The normalized spacial score (nSPS) is 18.9. The van der Waals surface area contributed by atoms with Crippen LogP contribution >= 0.6 is 35.3 Å². The Balaban J connectivity index is 1.31. The van der Waals surface area contributed by atoms with Gasteiger partial charge < -0.3 is 21.3 Å². The van der Waals surface area contributed by atoms with Crippen molar-refractivity contribution in [2.75, 3.05) is 17.3 Å². The molecule has 1 fully saturated rings. The summed E-state index contributed by atoms with van der Waals surface area (Å²) < 4.78 is 1.94. The van der Waals surface area contributed by atoms with Crippen LogP contribution in [-0.2, 0) is 25.7 Å². The lowest BCUT2D eigenvalue weighted by Crippen LogP contribution is -2.70.